The molecule has 0 bridgehead atoms. The molecular weight excluding hydrogens is 232 g/mol. The van der Waals surface area contributed by atoms with Gasteiger partial charge >= 0.3 is 0 Å². The Kier molecular flexibility index (Phi) is 3.37. The summed E-state index contributed by atoms with van der Waals surface area (Å²) in [6.45, 7) is 0. The molecule has 0 atom stereocenters. The van der Waals surface area contributed by atoms with Gasteiger partial charge < -0.3 is 0 Å². The smallest absolute Gasteiger partial charge is 0.258 e. The van der Waals surface area contributed by atoms with Crippen LogP contribution in [0.5, 0.6) is 0 Å². The molecule has 7 heteroatoms. The van der Waals surface area contributed by atoms with E-state index in [9.17, 15) is 18.5 Å². The number of benzene rings is 1. The summed E-state index contributed by atoms with van der Waals surface area (Å²) in [7, 11) is -3.69. The predicted molar refractivity (Wildman–Crippen MR) is 55.0 cm³/mol. The van der Waals surface area contributed by atoms with Crippen molar-refractivity contribution in [1.29, 1.82) is 5.26 Å². The summed E-state index contributed by atoms with van der Waals surface area (Å²) in [5.41, 5.74) is -0.191. The minimum atomic E-state index is -3.69. The lowest BCUT2D eigenvalue weighted by Crippen LogP contribution is -1.96. The van der Waals surface area contributed by atoms with E-state index in [1.807, 2.05) is 0 Å². The number of nitriles is 1. The molecule has 82 valence electrons. The van der Waals surface area contributed by atoms with Gasteiger partial charge in [0, 0.05) is 23.6 Å². The number of non-ortho nitro benzene ring substituents is 1. The molecule has 16 heavy (non-hydrogen) atoms. The van der Waals surface area contributed by atoms with E-state index in [1.54, 1.807) is 6.07 Å². The van der Waals surface area contributed by atoms with Crippen molar-refractivity contribution in [1.82, 2.24) is 0 Å². The summed E-state index contributed by atoms with van der Waals surface area (Å²) in [6.07, 6.45) is 0.830. The van der Waals surface area contributed by atoms with Crippen LogP contribution in [-0.4, -0.2) is 13.3 Å². The molecule has 0 fully saturated rings. The predicted octanol–water partition coefficient (Wildman–Crippen LogP) is 1.41. The minimum absolute atomic E-state index is 0.0930. The molecule has 0 spiro atoms. The van der Waals surface area contributed by atoms with Gasteiger partial charge in [0.2, 0.25) is 9.84 Å². The average molecular weight is 238 g/mol. The first kappa shape index (κ1) is 11.9. The highest BCUT2D eigenvalue weighted by Gasteiger charge is 2.12. The maximum absolute atomic E-state index is 11.5. The van der Waals surface area contributed by atoms with E-state index < -0.39 is 14.8 Å². The van der Waals surface area contributed by atoms with Crippen LogP contribution in [0, 0.1) is 21.4 Å². The normalized spacial score (nSPS) is 11.2. The summed E-state index contributed by atoms with van der Waals surface area (Å²) < 4.78 is 22.9. The molecule has 0 radical (unpaired) electrons. The molecule has 0 heterocycles. The quantitative estimate of drug-likeness (QED) is 0.450. The molecular formula is C9H6N2O4S. The van der Waals surface area contributed by atoms with Crippen molar-refractivity contribution in [2.24, 2.45) is 0 Å². The molecule has 0 saturated heterocycles. The van der Waals surface area contributed by atoms with Gasteiger partial charge in [-0.3, -0.25) is 10.1 Å². The molecule has 0 amide bonds. The molecule has 0 aromatic heterocycles. The third-order valence-corrected chi connectivity index (χ3v) is 3.12. The van der Waals surface area contributed by atoms with Crippen molar-refractivity contribution in [2.45, 2.75) is 4.90 Å². The zero-order chi connectivity index (χ0) is 12.2. The van der Waals surface area contributed by atoms with Crippen LogP contribution in [0.1, 0.15) is 0 Å². The third kappa shape index (κ3) is 2.65. The maximum atomic E-state index is 11.5. The number of nitro groups is 1. The Bertz CT molecular complexity index is 567. The molecule has 0 unspecified atom stereocenters. The van der Waals surface area contributed by atoms with Crippen molar-refractivity contribution in [3.63, 3.8) is 0 Å². The molecule has 1 aromatic carbocycles. The van der Waals surface area contributed by atoms with Crippen molar-refractivity contribution in [3.8, 4) is 6.07 Å². The monoisotopic (exact) mass is 238 g/mol. The van der Waals surface area contributed by atoms with Gasteiger partial charge in [0.1, 0.15) is 0 Å². The Morgan fingerprint density at radius 1 is 1.31 bits per heavy atom. The van der Waals surface area contributed by atoms with E-state index in [2.05, 4.69) is 0 Å². The molecule has 0 N–H and O–H groups in total. The summed E-state index contributed by atoms with van der Waals surface area (Å²) in [4.78, 5) is 9.62. The van der Waals surface area contributed by atoms with Crippen molar-refractivity contribution < 1.29 is 13.3 Å². The van der Waals surface area contributed by atoms with E-state index in [4.69, 9.17) is 5.26 Å². The highest BCUT2D eigenvalue weighted by molar-refractivity contribution is 7.94. The van der Waals surface area contributed by atoms with Gasteiger partial charge in [-0.25, -0.2) is 8.42 Å². The highest BCUT2D eigenvalue weighted by atomic mass is 32.2. The van der Waals surface area contributed by atoms with E-state index >= 15 is 0 Å². The second-order valence-corrected chi connectivity index (χ2v) is 4.56. The van der Waals surface area contributed by atoms with Gasteiger partial charge in [0.05, 0.1) is 15.9 Å². The molecule has 0 aliphatic carbocycles. The Morgan fingerprint density at radius 2 is 1.88 bits per heavy atom. The molecule has 0 aliphatic heterocycles. The minimum Gasteiger partial charge on any atom is -0.258 e. The summed E-state index contributed by atoms with van der Waals surface area (Å²) in [6, 6.07) is 5.98. The topological polar surface area (TPSA) is 101 Å². The van der Waals surface area contributed by atoms with Crippen LogP contribution in [-0.2, 0) is 9.84 Å². The zero-order valence-electron chi connectivity index (χ0n) is 7.90. The number of rotatable bonds is 3. The van der Waals surface area contributed by atoms with Crippen molar-refractivity contribution in [2.75, 3.05) is 0 Å². The maximum Gasteiger partial charge on any atom is 0.269 e. The Morgan fingerprint density at radius 3 is 2.31 bits per heavy atom. The van der Waals surface area contributed by atoms with Gasteiger partial charge in [-0.2, -0.15) is 5.26 Å². The van der Waals surface area contributed by atoms with Crippen LogP contribution < -0.4 is 0 Å². The first-order valence-corrected chi connectivity index (χ1v) is 5.58. The summed E-state index contributed by atoms with van der Waals surface area (Å²) in [5, 5.41) is 19.3. The summed E-state index contributed by atoms with van der Waals surface area (Å²) in [5.74, 6) is 0. The Labute approximate surface area is 91.5 Å². The molecule has 1 aromatic rings. The standard InChI is InChI=1S/C9H6N2O4S/c10-6-1-7-16(14,15)9-4-2-8(3-5-9)11(12)13/h1-5,7H/b7-1+. The lowest BCUT2D eigenvalue weighted by Gasteiger charge is -1.97. The van der Waals surface area contributed by atoms with Crippen LogP contribution in [0.4, 0.5) is 5.69 Å². The van der Waals surface area contributed by atoms with Gasteiger partial charge in [-0.05, 0) is 12.1 Å². The van der Waals surface area contributed by atoms with Gasteiger partial charge in [-0.15, -0.1) is 0 Å². The lowest BCUT2D eigenvalue weighted by atomic mass is 10.3. The second kappa shape index (κ2) is 4.55. The van der Waals surface area contributed by atoms with Gasteiger partial charge in [-0.1, -0.05) is 0 Å². The van der Waals surface area contributed by atoms with Crippen LogP contribution in [0.25, 0.3) is 0 Å². The SMILES string of the molecule is N#C/C=C/S(=O)(=O)c1ccc([N+](=O)[O-])cc1. The number of hydrogen-bond acceptors (Lipinski definition) is 5. The highest BCUT2D eigenvalue weighted by Crippen LogP contribution is 2.17. The molecule has 0 aliphatic rings. The van der Waals surface area contributed by atoms with Crippen LogP contribution in [0.2, 0.25) is 0 Å². The van der Waals surface area contributed by atoms with E-state index in [1.165, 1.54) is 0 Å². The average Bonchev–Trinajstić information content (AvgIpc) is 2.26. The number of sulfone groups is 1. The number of nitro benzene ring substituents is 1. The first-order valence-electron chi connectivity index (χ1n) is 4.03. The van der Waals surface area contributed by atoms with Crippen molar-refractivity contribution >= 4 is 15.5 Å². The number of hydrogen-bond donors (Lipinski definition) is 0. The van der Waals surface area contributed by atoms with E-state index in [0.29, 0.717) is 0 Å². The first-order chi connectivity index (χ1) is 7.47. The van der Waals surface area contributed by atoms with E-state index in [0.717, 1.165) is 35.7 Å². The lowest BCUT2D eigenvalue weighted by molar-refractivity contribution is -0.384. The number of nitrogens with zero attached hydrogens (tertiary/aromatic N) is 2. The van der Waals surface area contributed by atoms with Gasteiger partial charge in [0.25, 0.3) is 5.69 Å². The third-order valence-electron chi connectivity index (χ3n) is 1.70. The molecule has 0 saturated carbocycles. The fourth-order valence-electron chi connectivity index (χ4n) is 0.956. The van der Waals surface area contributed by atoms with Crippen LogP contribution in [0.3, 0.4) is 0 Å². The Hall–Kier alpha value is -2.20. The zero-order valence-corrected chi connectivity index (χ0v) is 8.72. The van der Waals surface area contributed by atoms with Crippen LogP contribution >= 0.6 is 0 Å². The Balaban J connectivity index is 3.13. The largest absolute Gasteiger partial charge is 0.269 e. The van der Waals surface area contributed by atoms with Crippen LogP contribution in [0.15, 0.2) is 40.6 Å². The molecule has 6 nitrogen and oxygen atoms in total. The fourth-order valence-corrected chi connectivity index (χ4v) is 1.87. The fraction of sp³-hybridized carbons (Fsp3) is 0. The van der Waals surface area contributed by atoms with Gasteiger partial charge in [0.15, 0.2) is 0 Å². The number of allylic oxidation sites excluding steroid dienone is 1. The summed E-state index contributed by atoms with van der Waals surface area (Å²) >= 11 is 0. The molecule has 1 rings (SSSR count). The second-order valence-electron chi connectivity index (χ2n) is 2.73. The van der Waals surface area contributed by atoms with E-state index in [-0.39, 0.29) is 10.6 Å². The van der Waals surface area contributed by atoms with Crippen molar-refractivity contribution in [3.05, 3.63) is 45.9 Å².